The molecule has 1 heterocycles. The Morgan fingerprint density at radius 2 is 1.83 bits per heavy atom. The van der Waals surface area contributed by atoms with E-state index < -0.39 is 10.0 Å². The first-order chi connectivity index (χ1) is 8.47. The van der Waals surface area contributed by atoms with Crippen LogP contribution in [0.5, 0.6) is 0 Å². The van der Waals surface area contributed by atoms with Gasteiger partial charge in [0.15, 0.2) is 0 Å². The van der Waals surface area contributed by atoms with Crippen LogP contribution in [0, 0.1) is 6.92 Å². The Kier molecular flexibility index (Phi) is 3.20. The molecule has 0 fully saturated rings. The quantitative estimate of drug-likeness (QED) is 0.883. The molecule has 18 heavy (non-hydrogen) atoms. The predicted octanol–water partition coefficient (Wildman–Crippen LogP) is 1.77. The summed E-state index contributed by atoms with van der Waals surface area (Å²) in [4.78, 5) is 4.09. The van der Waals surface area contributed by atoms with Crippen LogP contribution < -0.4 is 10.5 Å². The second kappa shape index (κ2) is 4.66. The van der Waals surface area contributed by atoms with Crippen LogP contribution in [-0.2, 0) is 10.0 Å². The minimum absolute atomic E-state index is 0.192. The molecule has 0 radical (unpaired) electrons. The number of nitrogens with two attached hydrogens (primary N) is 1. The van der Waals surface area contributed by atoms with E-state index in [1.165, 1.54) is 12.3 Å². The second-order valence-electron chi connectivity index (χ2n) is 3.89. The highest BCUT2D eigenvalue weighted by atomic mass is 32.2. The highest BCUT2D eigenvalue weighted by Crippen LogP contribution is 2.16. The van der Waals surface area contributed by atoms with Crippen molar-refractivity contribution < 1.29 is 8.42 Å². The maximum absolute atomic E-state index is 12.0. The summed E-state index contributed by atoms with van der Waals surface area (Å²) in [6.45, 7) is 1.89. The number of anilines is 2. The van der Waals surface area contributed by atoms with Crippen LogP contribution in [0.4, 0.5) is 11.5 Å². The highest BCUT2D eigenvalue weighted by molar-refractivity contribution is 7.92. The lowest BCUT2D eigenvalue weighted by atomic mass is 10.2. The molecule has 5 nitrogen and oxygen atoms in total. The SMILES string of the molecule is Cc1ccc(S(=O)(=O)Nc2cc(N)ccn2)cc1. The van der Waals surface area contributed by atoms with Gasteiger partial charge in [-0.2, -0.15) is 0 Å². The van der Waals surface area contributed by atoms with Crippen molar-refractivity contribution in [2.45, 2.75) is 11.8 Å². The number of pyridine rings is 1. The monoisotopic (exact) mass is 263 g/mol. The van der Waals surface area contributed by atoms with Gasteiger partial charge in [0.1, 0.15) is 5.82 Å². The number of nitrogens with zero attached hydrogens (tertiary/aromatic N) is 1. The summed E-state index contributed by atoms with van der Waals surface area (Å²) in [5.41, 5.74) is 7.01. The van der Waals surface area contributed by atoms with Crippen molar-refractivity contribution in [3.05, 3.63) is 48.2 Å². The molecule has 0 aliphatic carbocycles. The minimum Gasteiger partial charge on any atom is -0.399 e. The topological polar surface area (TPSA) is 85.1 Å². The molecule has 0 saturated carbocycles. The molecular formula is C12H13N3O2S. The maximum Gasteiger partial charge on any atom is 0.263 e. The zero-order valence-corrected chi connectivity index (χ0v) is 10.6. The summed E-state index contributed by atoms with van der Waals surface area (Å²) in [7, 11) is -3.61. The molecule has 94 valence electrons. The van der Waals surface area contributed by atoms with Crippen molar-refractivity contribution in [2.75, 3.05) is 10.5 Å². The number of rotatable bonds is 3. The van der Waals surface area contributed by atoms with Crippen LogP contribution in [-0.4, -0.2) is 13.4 Å². The van der Waals surface area contributed by atoms with Crippen molar-refractivity contribution in [1.82, 2.24) is 4.98 Å². The van der Waals surface area contributed by atoms with Gasteiger partial charge in [-0.1, -0.05) is 17.7 Å². The van der Waals surface area contributed by atoms with E-state index in [2.05, 4.69) is 9.71 Å². The normalized spacial score (nSPS) is 11.2. The van der Waals surface area contributed by atoms with Gasteiger partial charge in [-0.15, -0.1) is 0 Å². The molecular weight excluding hydrogens is 250 g/mol. The van der Waals surface area contributed by atoms with Gasteiger partial charge in [0.25, 0.3) is 10.0 Å². The summed E-state index contributed by atoms with van der Waals surface area (Å²) in [6, 6.07) is 9.62. The van der Waals surface area contributed by atoms with E-state index in [0.29, 0.717) is 5.69 Å². The molecule has 0 saturated heterocycles. The molecule has 0 unspecified atom stereocenters. The van der Waals surface area contributed by atoms with Crippen molar-refractivity contribution >= 4 is 21.5 Å². The summed E-state index contributed by atoms with van der Waals surface area (Å²) in [5.74, 6) is 0.204. The smallest absolute Gasteiger partial charge is 0.263 e. The van der Waals surface area contributed by atoms with Crippen LogP contribution >= 0.6 is 0 Å². The molecule has 2 rings (SSSR count). The lowest BCUT2D eigenvalue weighted by Gasteiger charge is -2.07. The van der Waals surface area contributed by atoms with Crippen LogP contribution in [0.15, 0.2) is 47.5 Å². The number of benzene rings is 1. The van der Waals surface area contributed by atoms with Crippen LogP contribution in [0.25, 0.3) is 0 Å². The molecule has 2 aromatic rings. The van der Waals surface area contributed by atoms with Crippen molar-refractivity contribution in [3.8, 4) is 0 Å². The van der Waals surface area contributed by atoms with Gasteiger partial charge < -0.3 is 5.73 Å². The fraction of sp³-hybridized carbons (Fsp3) is 0.0833. The van der Waals surface area contributed by atoms with Gasteiger partial charge in [-0.05, 0) is 25.1 Å². The van der Waals surface area contributed by atoms with E-state index in [-0.39, 0.29) is 10.7 Å². The van der Waals surface area contributed by atoms with E-state index in [1.807, 2.05) is 6.92 Å². The van der Waals surface area contributed by atoms with Crippen LogP contribution in [0.1, 0.15) is 5.56 Å². The molecule has 1 aromatic carbocycles. The van der Waals surface area contributed by atoms with Gasteiger partial charge in [0.2, 0.25) is 0 Å². The number of hydrogen-bond acceptors (Lipinski definition) is 4. The summed E-state index contributed by atoms with van der Waals surface area (Å²) in [6.07, 6.45) is 1.45. The van der Waals surface area contributed by atoms with Gasteiger partial charge in [-0.3, -0.25) is 4.72 Å². The first-order valence-electron chi connectivity index (χ1n) is 5.28. The molecule has 0 aliphatic rings. The van der Waals surface area contributed by atoms with Crippen molar-refractivity contribution in [1.29, 1.82) is 0 Å². The third kappa shape index (κ3) is 2.78. The minimum atomic E-state index is -3.61. The number of sulfonamides is 1. The Hall–Kier alpha value is -2.08. The lowest BCUT2D eigenvalue weighted by Crippen LogP contribution is -2.14. The average molecular weight is 263 g/mol. The second-order valence-corrected chi connectivity index (χ2v) is 5.58. The predicted molar refractivity (Wildman–Crippen MR) is 70.6 cm³/mol. The largest absolute Gasteiger partial charge is 0.399 e. The number of nitrogen functional groups attached to an aromatic ring is 1. The molecule has 1 aromatic heterocycles. The fourth-order valence-corrected chi connectivity index (χ4v) is 2.42. The first-order valence-corrected chi connectivity index (χ1v) is 6.77. The average Bonchev–Trinajstić information content (AvgIpc) is 2.29. The molecule has 6 heteroatoms. The van der Waals surface area contributed by atoms with E-state index in [0.717, 1.165) is 5.56 Å². The Morgan fingerprint density at radius 3 is 2.44 bits per heavy atom. The number of hydrogen-bond donors (Lipinski definition) is 2. The van der Waals surface area contributed by atoms with E-state index in [4.69, 9.17) is 5.73 Å². The standard InChI is InChI=1S/C12H13N3O2S/c1-9-2-4-11(5-3-9)18(16,17)15-12-8-10(13)6-7-14-12/h2-8H,1H3,(H3,13,14,15). The molecule has 0 bridgehead atoms. The van der Waals surface area contributed by atoms with Gasteiger partial charge in [-0.25, -0.2) is 13.4 Å². The first kappa shape index (κ1) is 12.4. The van der Waals surface area contributed by atoms with Gasteiger partial charge >= 0.3 is 0 Å². The van der Waals surface area contributed by atoms with Crippen molar-refractivity contribution in [3.63, 3.8) is 0 Å². The number of nitrogens with one attached hydrogen (secondary N) is 1. The third-order valence-electron chi connectivity index (χ3n) is 2.35. The summed E-state index contributed by atoms with van der Waals surface area (Å²) < 4.78 is 26.4. The molecule has 0 aliphatic heterocycles. The van der Waals surface area contributed by atoms with E-state index >= 15 is 0 Å². The number of aryl methyl sites for hydroxylation is 1. The zero-order chi connectivity index (χ0) is 13.2. The Labute approximate surface area is 106 Å². The highest BCUT2D eigenvalue weighted by Gasteiger charge is 2.14. The van der Waals surface area contributed by atoms with E-state index in [9.17, 15) is 8.42 Å². The molecule has 3 N–H and O–H groups in total. The maximum atomic E-state index is 12.0. The van der Waals surface area contributed by atoms with Gasteiger partial charge in [0.05, 0.1) is 4.90 Å². The molecule has 0 atom stereocenters. The van der Waals surface area contributed by atoms with Crippen LogP contribution in [0.2, 0.25) is 0 Å². The fourth-order valence-electron chi connectivity index (χ4n) is 1.42. The van der Waals surface area contributed by atoms with E-state index in [1.54, 1.807) is 30.3 Å². The number of aromatic nitrogens is 1. The molecule has 0 amide bonds. The van der Waals surface area contributed by atoms with Crippen molar-refractivity contribution in [2.24, 2.45) is 0 Å². The van der Waals surface area contributed by atoms with Crippen LogP contribution in [0.3, 0.4) is 0 Å². The Bertz CT molecular complexity index is 651. The summed E-state index contributed by atoms with van der Waals surface area (Å²) in [5, 5.41) is 0. The molecule has 0 spiro atoms. The zero-order valence-electron chi connectivity index (χ0n) is 9.79. The van der Waals surface area contributed by atoms with Gasteiger partial charge in [0, 0.05) is 18.0 Å². The third-order valence-corrected chi connectivity index (χ3v) is 3.72. The summed E-state index contributed by atoms with van der Waals surface area (Å²) >= 11 is 0. The Balaban J connectivity index is 2.30. The Morgan fingerprint density at radius 1 is 1.17 bits per heavy atom. The lowest BCUT2D eigenvalue weighted by molar-refractivity contribution is 0.601.